The van der Waals surface area contributed by atoms with Crippen molar-refractivity contribution >= 4 is 25.2 Å². The van der Waals surface area contributed by atoms with E-state index in [0.717, 1.165) is 0 Å². The van der Waals surface area contributed by atoms with Gasteiger partial charge in [0.05, 0.1) is 5.69 Å². The normalized spacial score (nSPS) is 10.8. The zero-order valence-corrected chi connectivity index (χ0v) is 7.64. The summed E-state index contributed by atoms with van der Waals surface area (Å²) in [5, 5.41) is 0. The molecule has 0 amide bonds. The fourth-order valence-corrected chi connectivity index (χ4v) is 1.56. The van der Waals surface area contributed by atoms with Gasteiger partial charge in [-0.3, -0.25) is 0 Å². The van der Waals surface area contributed by atoms with Crippen molar-refractivity contribution in [3.8, 4) is 0 Å². The first-order valence-electron chi connectivity index (χ1n) is 3.06. The van der Waals surface area contributed by atoms with E-state index in [0.29, 0.717) is 16.2 Å². The molecule has 0 saturated heterocycles. The average Bonchev–Trinajstić information content (AvgIpc) is 2.02. The summed E-state index contributed by atoms with van der Waals surface area (Å²) in [4.78, 5) is 0. The highest BCUT2D eigenvalue weighted by atomic mass is 32.9. The van der Waals surface area contributed by atoms with E-state index in [2.05, 4.69) is 4.72 Å². The molecule has 0 aliphatic carbocycles. The van der Waals surface area contributed by atoms with Gasteiger partial charge in [-0.2, -0.15) is 4.21 Å². The summed E-state index contributed by atoms with van der Waals surface area (Å²) >= 11 is 0. The van der Waals surface area contributed by atoms with Crippen LogP contribution < -0.4 is 4.72 Å². The largest absolute Gasteiger partial charge is 0.462 e. The minimum Gasteiger partial charge on any atom is -0.249 e. The summed E-state index contributed by atoms with van der Waals surface area (Å²) in [7, 11) is -3.39. The molecule has 6 heteroatoms. The van der Waals surface area contributed by atoms with Crippen molar-refractivity contribution in [2.24, 2.45) is 0 Å². The maximum atomic E-state index is 10.4. The second-order valence-corrected chi connectivity index (χ2v) is 5.07. The Hall–Kier alpha value is -0.690. The van der Waals surface area contributed by atoms with Crippen LogP contribution in [0.25, 0.3) is 0 Å². The minimum atomic E-state index is -3.77. The third-order valence-corrected chi connectivity index (χ3v) is 2.48. The standard InChI is InChI=1S/C6H7NO3S2/c8-12(9,10)11-7-6-4-2-1-3-5-6/h1-5,7H,(H-,8,9,10)/p+1. The molecule has 0 aliphatic rings. The highest BCUT2D eigenvalue weighted by molar-refractivity contribution is 8.34. The van der Waals surface area contributed by atoms with Crippen LogP contribution >= 0.6 is 0 Å². The van der Waals surface area contributed by atoms with Crippen LogP contribution in [0.5, 0.6) is 0 Å². The van der Waals surface area contributed by atoms with Gasteiger partial charge in [0.1, 0.15) is 0 Å². The quantitative estimate of drug-likeness (QED) is 0.503. The highest BCUT2D eigenvalue weighted by Crippen LogP contribution is 2.03. The molecule has 0 saturated carbocycles. The Kier molecular flexibility index (Phi) is 2.99. The van der Waals surface area contributed by atoms with E-state index in [1.165, 1.54) is 0 Å². The summed E-state index contributed by atoms with van der Waals surface area (Å²) in [6.07, 6.45) is 0. The Bertz CT molecular complexity index is 348. The Balaban J connectivity index is 2.74. The van der Waals surface area contributed by atoms with Crippen molar-refractivity contribution in [3.05, 3.63) is 30.3 Å². The molecule has 0 atom stereocenters. The number of benzene rings is 1. The van der Waals surface area contributed by atoms with E-state index >= 15 is 0 Å². The third kappa shape index (κ3) is 3.63. The van der Waals surface area contributed by atoms with Gasteiger partial charge in [0.2, 0.25) is 0 Å². The lowest BCUT2D eigenvalue weighted by Crippen LogP contribution is -2.01. The van der Waals surface area contributed by atoms with Crippen LogP contribution in [-0.2, 0) is 19.6 Å². The van der Waals surface area contributed by atoms with Crippen LogP contribution in [0.3, 0.4) is 0 Å². The van der Waals surface area contributed by atoms with E-state index in [1.807, 2.05) is 6.07 Å². The molecule has 0 heterocycles. The van der Waals surface area contributed by atoms with Crippen molar-refractivity contribution < 1.29 is 13.3 Å². The lowest BCUT2D eigenvalue weighted by Gasteiger charge is -1.87. The molecule has 12 heavy (non-hydrogen) atoms. The maximum absolute atomic E-state index is 10.4. The van der Waals surface area contributed by atoms with E-state index < -0.39 is 9.05 Å². The van der Waals surface area contributed by atoms with Crippen molar-refractivity contribution in [2.75, 3.05) is 4.72 Å². The summed E-state index contributed by atoms with van der Waals surface area (Å²) in [6, 6.07) is 8.82. The molecule has 0 radical (unpaired) electrons. The Morgan fingerprint density at radius 2 is 1.83 bits per heavy atom. The molecule has 66 valence electrons. The first-order chi connectivity index (χ1) is 5.58. The number of anilines is 1. The zero-order chi connectivity index (χ0) is 9.03. The van der Waals surface area contributed by atoms with Crippen LogP contribution in [0.15, 0.2) is 30.3 Å². The predicted molar refractivity (Wildman–Crippen MR) is 50.8 cm³/mol. The number of nitrogens with one attached hydrogen (secondary N) is 1. The van der Waals surface area contributed by atoms with Gasteiger partial charge in [-0.25, -0.2) is 9.11 Å². The molecule has 0 aromatic heterocycles. The molecule has 1 rings (SSSR count). The van der Waals surface area contributed by atoms with Gasteiger partial charge in [0.15, 0.2) is 0 Å². The summed E-state index contributed by atoms with van der Waals surface area (Å²) < 4.78 is 29.8. The van der Waals surface area contributed by atoms with Gasteiger partial charge < -0.3 is 0 Å². The van der Waals surface area contributed by atoms with E-state index in [4.69, 9.17) is 9.11 Å². The third-order valence-electron chi connectivity index (χ3n) is 1.04. The summed E-state index contributed by atoms with van der Waals surface area (Å²) in [6.45, 7) is 0. The Labute approximate surface area is 74.0 Å². The molecule has 1 aromatic carbocycles. The first kappa shape index (κ1) is 9.40. The van der Waals surface area contributed by atoms with Gasteiger partial charge in [-0.05, 0) is 12.1 Å². The van der Waals surface area contributed by atoms with Crippen LogP contribution in [0.2, 0.25) is 0 Å². The van der Waals surface area contributed by atoms with Gasteiger partial charge in [0.25, 0.3) is 0 Å². The minimum absolute atomic E-state index is 0.376. The zero-order valence-electron chi connectivity index (χ0n) is 6.01. The average molecular weight is 206 g/mol. The summed E-state index contributed by atoms with van der Waals surface area (Å²) in [5.41, 5.74) is 0.665. The fraction of sp³-hybridized carbons (Fsp3) is 0. The molecule has 0 aliphatic heterocycles. The lowest BCUT2D eigenvalue weighted by molar-refractivity contribution is 0.450. The van der Waals surface area contributed by atoms with Crippen molar-refractivity contribution in [1.29, 1.82) is 0 Å². The van der Waals surface area contributed by atoms with Crippen LogP contribution in [0.4, 0.5) is 5.69 Å². The van der Waals surface area contributed by atoms with Crippen molar-refractivity contribution in [2.45, 2.75) is 0 Å². The van der Waals surface area contributed by atoms with E-state index in [-0.39, 0.29) is 0 Å². The van der Waals surface area contributed by atoms with Crippen molar-refractivity contribution in [1.82, 2.24) is 0 Å². The number of hydrogen-bond acceptors (Lipinski definition) is 1. The van der Waals surface area contributed by atoms with Crippen LogP contribution in [-0.4, -0.2) is 13.3 Å². The number of para-hydroxylation sites is 1. The fourth-order valence-electron chi connectivity index (χ4n) is 0.609. The van der Waals surface area contributed by atoms with Crippen molar-refractivity contribution in [3.63, 3.8) is 0 Å². The predicted octanol–water partition coefficient (Wildman–Crippen LogP) is 1.24. The van der Waals surface area contributed by atoms with Gasteiger partial charge in [-0.1, -0.05) is 18.2 Å². The number of hydrogen-bond donors (Lipinski definition) is 3. The molecular weight excluding hydrogens is 198 g/mol. The molecule has 0 spiro atoms. The summed E-state index contributed by atoms with van der Waals surface area (Å²) in [5.74, 6) is 0. The smallest absolute Gasteiger partial charge is 0.249 e. The topological polar surface area (TPSA) is 69.6 Å². The SMILES string of the molecule is O=S(O)(O)=[S+]Nc1ccccc1. The monoisotopic (exact) mass is 206 g/mol. The first-order valence-corrected chi connectivity index (χ1v) is 5.87. The molecule has 0 bridgehead atoms. The second-order valence-electron chi connectivity index (χ2n) is 2.00. The molecule has 0 unspecified atom stereocenters. The maximum Gasteiger partial charge on any atom is 0.462 e. The van der Waals surface area contributed by atoms with Crippen LogP contribution in [0, 0.1) is 0 Å². The molecule has 0 fully saturated rings. The molecule has 1 aromatic rings. The number of rotatable bonds is 2. The van der Waals surface area contributed by atoms with E-state index in [9.17, 15) is 4.21 Å². The lowest BCUT2D eigenvalue weighted by atomic mass is 10.3. The molecular formula is C6H8NO3S2+. The Morgan fingerprint density at radius 3 is 2.33 bits per heavy atom. The molecule has 4 nitrogen and oxygen atoms in total. The molecule has 3 N–H and O–H groups in total. The van der Waals surface area contributed by atoms with Gasteiger partial charge in [0, 0.05) is 0 Å². The van der Waals surface area contributed by atoms with Crippen LogP contribution in [0.1, 0.15) is 0 Å². The van der Waals surface area contributed by atoms with E-state index in [1.54, 1.807) is 24.3 Å². The highest BCUT2D eigenvalue weighted by Gasteiger charge is 2.09. The Morgan fingerprint density at radius 1 is 1.25 bits per heavy atom. The van der Waals surface area contributed by atoms with Gasteiger partial charge >= 0.3 is 19.6 Å². The van der Waals surface area contributed by atoms with Gasteiger partial charge in [-0.15, -0.1) is 4.72 Å². The second kappa shape index (κ2) is 3.81.